The number of anilines is 2. The summed E-state index contributed by atoms with van der Waals surface area (Å²) in [5, 5.41) is 32.6. The fraction of sp³-hybridized carbons (Fsp3) is 0.100. The van der Waals surface area contributed by atoms with E-state index in [1.165, 1.54) is 0 Å². The quantitative estimate of drug-likeness (QED) is 0.821. The van der Waals surface area contributed by atoms with Gasteiger partial charge in [-0.1, -0.05) is 29.8 Å². The number of carbonyl (C=O) groups is 1. The molecule has 0 heterocycles. The van der Waals surface area contributed by atoms with E-state index in [2.05, 4.69) is 10.6 Å². The van der Waals surface area contributed by atoms with E-state index in [1.807, 2.05) is 32.0 Å². The summed E-state index contributed by atoms with van der Waals surface area (Å²) >= 11 is 0. The van der Waals surface area contributed by atoms with Crippen LogP contribution in [0.5, 0.6) is 0 Å². The lowest BCUT2D eigenvalue weighted by Gasteiger charge is -2.13. The monoisotopic (exact) mass is 341 g/mol. The van der Waals surface area contributed by atoms with Crippen LogP contribution in [0.25, 0.3) is 0 Å². The fourth-order valence-corrected chi connectivity index (χ4v) is 2.35. The van der Waals surface area contributed by atoms with Crippen molar-refractivity contribution in [1.82, 2.24) is 0 Å². The molecule has 2 aromatic rings. The van der Waals surface area contributed by atoms with Crippen LogP contribution in [0.3, 0.4) is 0 Å². The van der Waals surface area contributed by atoms with Gasteiger partial charge in [-0.25, -0.2) is 0 Å². The van der Waals surface area contributed by atoms with Crippen LogP contribution in [0.2, 0.25) is 0 Å². The van der Waals surface area contributed by atoms with Gasteiger partial charge in [0.2, 0.25) is 0 Å². The Morgan fingerprint density at radius 1 is 0.885 bits per heavy atom. The number of hydrogen-bond acceptors (Lipinski definition) is 5. The van der Waals surface area contributed by atoms with Gasteiger partial charge in [-0.15, -0.1) is 0 Å². The Labute approximate surface area is 151 Å². The molecule has 0 atom stereocenters. The number of hydrogen-bond donors (Lipinski definition) is 2. The van der Waals surface area contributed by atoms with Crippen molar-refractivity contribution in [2.24, 2.45) is 0 Å². The Bertz CT molecular complexity index is 1000. The molecule has 0 aliphatic rings. The first-order valence-electron chi connectivity index (χ1n) is 7.69. The molecule has 0 unspecified atom stereocenters. The first kappa shape index (κ1) is 18.3. The summed E-state index contributed by atoms with van der Waals surface area (Å²) in [6, 6.07) is 17.3. The summed E-state index contributed by atoms with van der Waals surface area (Å²) in [5.41, 5.74) is 2.76. The highest BCUT2D eigenvalue weighted by Gasteiger charge is 2.15. The minimum atomic E-state index is -0.368. The fourth-order valence-electron chi connectivity index (χ4n) is 2.35. The van der Waals surface area contributed by atoms with E-state index in [4.69, 9.17) is 10.5 Å². The molecule has 0 aliphatic carbocycles. The maximum absolute atomic E-state index is 12.7. The molecule has 2 N–H and O–H groups in total. The summed E-state index contributed by atoms with van der Waals surface area (Å²) in [5.74, 6) is -0.368. The second-order valence-electron chi connectivity index (χ2n) is 5.53. The Balaban J connectivity index is 2.36. The van der Waals surface area contributed by atoms with Crippen LogP contribution < -0.4 is 10.6 Å². The van der Waals surface area contributed by atoms with Gasteiger partial charge in [0.25, 0.3) is 5.91 Å². The lowest BCUT2D eigenvalue weighted by Crippen LogP contribution is -2.15. The highest BCUT2D eigenvalue weighted by Crippen LogP contribution is 2.22. The normalized spacial score (nSPS) is 9.19. The number of nitriles is 3. The van der Waals surface area contributed by atoms with Gasteiger partial charge in [0.05, 0.1) is 11.3 Å². The van der Waals surface area contributed by atoms with Gasteiger partial charge >= 0.3 is 0 Å². The van der Waals surface area contributed by atoms with Gasteiger partial charge in [0, 0.05) is 5.69 Å². The van der Waals surface area contributed by atoms with Crippen LogP contribution in [0.15, 0.2) is 53.7 Å². The van der Waals surface area contributed by atoms with E-state index in [9.17, 15) is 10.1 Å². The molecule has 26 heavy (non-hydrogen) atoms. The number of nitrogens with zero attached hydrogens (tertiary/aromatic N) is 3. The molecule has 6 heteroatoms. The zero-order valence-electron chi connectivity index (χ0n) is 14.3. The predicted molar refractivity (Wildman–Crippen MR) is 97.8 cm³/mol. The minimum absolute atomic E-state index is 0.207. The summed E-state index contributed by atoms with van der Waals surface area (Å²) < 4.78 is 0. The first-order valence-corrected chi connectivity index (χ1v) is 7.69. The molecule has 1 amide bonds. The number of amides is 1. The average Bonchev–Trinajstić information content (AvgIpc) is 2.64. The molecule has 0 spiro atoms. The van der Waals surface area contributed by atoms with Crippen LogP contribution in [-0.4, -0.2) is 5.91 Å². The third kappa shape index (κ3) is 4.06. The van der Waals surface area contributed by atoms with Crippen molar-refractivity contribution in [2.45, 2.75) is 13.8 Å². The molecule has 6 nitrogen and oxygen atoms in total. The van der Waals surface area contributed by atoms with E-state index in [-0.39, 0.29) is 22.7 Å². The van der Waals surface area contributed by atoms with Crippen molar-refractivity contribution < 1.29 is 4.79 Å². The maximum Gasteiger partial charge on any atom is 0.257 e. The van der Waals surface area contributed by atoms with Crippen molar-refractivity contribution in [3.05, 3.63) is 70.4 Å². The molecule has 2 rings (SSSR count). The molecule has 2 aromatic carbocycles. The zero-order valence-corrected chi connectivity index (χ0v) is 14.3. The zero-order chi connectivity index (χ0) is 19.1. The molecule has 0 aliphatic heterocycles. The summed E-state index contributed by atoms with van der Waals surface area (Å²) in [4.78, 5) is 12.7. The van der Waals surface area contributed by atoms with Gasteiger partial charge in [-0.3, -0.25) is 4.79 Å². The molecule has 0 saturated carbocycles. The van der Waals surface area contributed by atoms with Gasteiger partial charge in [0.1, 0.15) is 23.9 Å². The molecule has 0 aromatic heterocycles. The van der Waals surface area contributed by atoms with E-state index in [0.717, 1.165) is 11.1 Å². The van der Waals surface area contributed by atoms with Gasteiger partial charge in [0.15, 0.2) is 5.57 Å². The number of aryl methyl sites for hydroxylation is 2. The number of benzene rings is 2. The SMILES string of the molecule is Cc1ccc(NC(=O)c2ccccc2NC(C#N)=C(C#N)C#N)c(C)c1. The standard InChI is InChI=1S/C20H15N5O/c1-13-7-8-17(14(2)9-13)25-20(26)16-5-3-4-6-18(16)24-19(12-23)15(10-21)11-22/h3-9,24H,1-2H3,(H,25,26). The minimum Gasteiger partial charge on any atom is -0.344 e. The average molecular weight is 341 g/mol. The molecule has 0 fully saturated rings. The smallest absolute Gasteiger partial charge is 0.257 e. The second kappa shape index (κ2) is 8.15. The third-order valence-corrected chi connectivity index (χ3v) is 3.65. The van der Waals surface area contributed by atoms with Crippen molar-refractivity contribution in [2.75, 3.05) is 10.6 Å². The Morgan fingerprint density at radius 3 is 2.19 bits per heavy atom. The highest BCUT2D eigenvalue weighted by atomic mass is 16.1. The summed E-state index contributed by atoms with van der Waals surface area (Å²) in [6.07, 6.45) is 0. The third-order valence-electron chi connectivity index (χ3n) is 3.65. The molecule has 0 bridgehead atoms. The molecule has 126 valence electrons. The van der Waals surface area contributed by atoms with Crippen LogP contribution in [0.4, 0.5) is 11.4 Å². The Kier molecular flexibility index (Phi) is 5.72. The molecular formula is C20H15N5O. The Morgan fingerprint density at radius 2 is 1.58 bits per heavy atom. The van der Waals surface area contributed by atoms with E-state index < -0.39 is 0 Å². The van der Waals surface area contributed by atoms with E-state index in [1.54, 1.807) is 42.5 Å². The number of para-hydroxylation sites is 1. The van der Waals surface area contributed by atoms with Crippen molar-refractivity contribution >= 4 is 17.3 Å². The van der Waals surface area contributed by atoms with Crippen molar-refractivity contribution in [3.63, 3.8) is 0 Å². The van der Waals surface area contributed by atoms with Crippen LogP contribution >= 0.6 is 0 Å². The van der Waals surface area contributed by atoms with Crippen LogP contribution in [0, 0.1) is 47.8 Å². The van der Waals surface area contributed by atoms with Crippen LogP contribution in [0.1, 0.15) is 21.5 Å². The number of nitrogens with one attached hydrogen (secondary N) is 2. The topological polar surface area (TPSA) is 112 Å². The molecule has 0 radical (unpaired) electrons. The van der Waals surface area contributed by atoms with Gasteiger partial charge < -0.3 is 10.6 Å². The first-order chi connectivity index (χ1) is 12.5. The Hall–Kier alpha value is -4.08. The number of rotatable bonds is 4. The maximum atomic E-state index is 12.7. The van der Waals surface area contributed by atoms with Gasteiger partial charge in [-0.2, -0.15) is 15.8 Å². The second-order valence-corrected chi connectivity index (χ2v) is 5.53. The largest absolute Gasteiger partial charge is 0.344 e. The lowest BCUT2D eigenvalue weighted by molar-refractivity contribution is 0.102. The van der Waals surface area contributed by atoms with Crippen LogP contribution in [-0.2, 0) is 0 Å². The van der Waals surface area contributed by atoms with Crippen molar-refractivity contribution in [1.29, 1.82) is 15.8 Å². The summed E-state index contributed by atoms with van der Waals surface area (Å²) in [7, 11) is 0. The number of carbonyl (C=O) groups excluding carboxylic acids is 1. The molecule has 0 saturated heterocycles. The van der Waals surface area contributed by atoms with E-state index in [0.29, 0.717) is 11.4 Å². The predicted octanol–water partition coefficient (Wildman–Crippen LogP) is 3.79. The van der Waals surface area contributed by atoms with Gasteiger partial charge in [-0.05, 0) is 37.6 Å². The lowest BCUT2D eigenvalue weighted by atomic mass is 10.1. The number of allylic oxidation sites excluding steroid dienone is 2. The van der Waals surface area contributed by atoms with E-state index >= 15 is 0 Å². The van der Waals surface area contributed by atoms with Crippen molar-refractivity contribution in [3.8, 4) is 18.2 Å². The summed E-state index contributed by atoms with van der Waals surface area (Å²) in [6.45, 7) is 3.87. The highest BCUT2D eigenvalue weighted by molar-refractivity contribution is 6.08. The molecular weight excluding hydrogens is 326 g/mol.